The molecule has 0 saturated heterocycles. The highest BCUT2D eigenvalue weighted by Crippen LogP contribution is 2.35. The zero-order chi connectivity index (χ0) is 17.6. The number of hydrogen-bond donors (Lipinski definition) is 2. The Kier molecular flexibility index (Phi) is 5.66. The van der Waals surface area contributed by atoms with E-state index in [1.807, 2.05) is 42.2 Å². The summed E-state index contributed by atoms with van der Waals surface area (Å²) in [5.41, 5.74) is 4.33. The van der Waals surface area contributed by atoms with Crippen LogP contribution in [0.4, 0.5) is 4.79 Å². The van der Waals surface area contributed by atoms with Crippen LogP contribution in [0, 0.1) is 6.92 Å². The third-order valence-electron chi connectivity index (χ3n) is 4.66. The van der Waals surface area contributed by atoms with Gasteiger partial charge < -0.3 is 15.3 Å². The molecule has 1 aliphatic rings. The number of carbonyl (C=O) groups is 1. The minimum absolute atomic E-state index is 0.0771. The third kappa shape index (κ3) is 4.17. The van der Waals surface area contributed by atoms with Gasteiger partial charge in [0.1, 0.15) is 0 Å². The van der Waals surface area contributed by atoms with E-state index in [1.54, 1.807) is 0 Å². The Morgan fingerprint density at radius 2 is 2.12 bits per heavy atom. The van der Waals surface area contributed by atoms with Gasteiger partial charge in [-0.2, -0.15) is 0 Å². The van der Waals surface area contributed by atoms with Crippen LogP contribution < -0.4 is 5.32 Å². The first-order valence-corrected chi connectivity index (χ1v) is 8.84. The molecular formula is C20H25N3O2. The van der Waals surface area contributed by atoms with Crippen molar-refractivity contribution in [2.75, 3.05) is 13.2 Å². The first kappa shape index (κ1) is 17.4. The lowest BCUT2D eigenvalue weighted by molar-refractivity contribution is 0.164. The summed E-state index contributed by atoms with van der Waals surface area (Å²) in [6.45, 7) is 2.97. The second kappa shape index (κ2) is 8.12. The zero-order valence-electron chi connectivity index (χ0n) is 14.6. The molecule has 25 heavy (non-hydrogen) atoms. The van der Waals surface area contributed by atoms with E-state index in [9.17, 15) is 9.90 Å². The van der Waals surface area contributed by atoms with E-state index in [2.05, 4.69) is 22.4 Å². The standard InChI is InChI=1S/C20H25N3O2/c1-15-6-4-8-17(22-15)14-21-20(25)23(12-5-13-24)19-11-10-16-7-2-3-9-18(16)19/h2-4,6-9,19,24H,5,10-14H2,1H3,(H,21,25)/t19-/m0/s1. The number of nitrogens with one attached hydrogen (secondary N) is 1. The third-order valence-corrected chi connectivity index (χ3v) is 4.66. The first-order chi connectivity index (χ1) is 12.2. The highest BCUT2D eigenvalue weighted by Gasteiger charge is 2.30. The van der Waals surface area contributed by atoms with Gasteiger partial charge in [-0.1, -0.05) is 30.3 Å². The van der Waals surface area contributed by atoms with Crippen LogP contribution in [0.3, 0.4) is 0 Å². The van der Waals surface area contributed by atoms with Gasteiger partial charge >= 0.3 is 6.03 Å². The van der Waals surface area contributed by atoms with Gasteiger partial charge in [-0.05, 0) is 49.4 Å². The van der Waals surface area contributed by atoms with E-state index in [0.29, 0.717) is 19.5 Å². The zero-order valence-corrected chi connectivity index (χ0v) is 14.6. The lowest BCUT2D eigenvalue weighted by Crippen LogP contribution is -2.42. The van der Waals surface area contributed by atoms with Crippen LogP contribution in [0.1, 0.15) is 41.4 Å². The minimum atomic E-state index is -0.0986. The molecule has 2 N–H and O–H groups in total. The summed E-state index contributed by atoms with van der Waals surface area (Å²) in [4.78, 5) is 19.1. The van der Waals surface area contributed by atoms with Crippen LogP contribution >= 0.6 is 0 Å². The fourth-order valence-corrected chi connectivity index (χ4v) is 3.46. The van der Waals surface area contributed by atoms with E-state index in [-0.39, 0.29) is 18.7 Å². The van der Waals surface area contributed by atoms with Crippen molar-refractivity contribution >= 4 is 6.03 Å². The van der Waals surface area contributed by atoms with Crippen molar-refractivity contribution in [2.24, 2.45) is 0 Å². The van der Waals surface area contributed by atoms with Crippen molar-refractivity contribution < 1.29 is 9.90 Å². The summed E-state index contributed by atoms with van der Waals surface area (Å²) < 4.78 is 0. The Balaban J connectivity index is 1.71. The first-order valence-electron chi connectivity index (χ1n) is 8.84. The molecule has 1 heterocycles. The van der Waals surface area contributed by atoms with E-state index < -0.39 is 0 Å². The Hall–Kier alpha value is -2.40. The highest BCUT2D eigenvalue weighted by molar-refractivity contribution is 5.75. The second-order valence-electron chi connectivity index (χ2n) is 6.45. The van der Waals surface area contributed by atoms with Gasteiger partial charge in [0.15, 0.2) is 0 Å². The molecule has 3 rings (SSSR count). The van der Waals surface area contributed by atoms with Crippen LogP contribution in [0.25, 0.3) is 0 Å². The Morgan fingerprint density at radius 1 is 1.28 bits per heavy atom. The molecule has 132 valence electrons. The van der Waals surface area contributed by atoms with E-state index >= 15 is 0 Å². The van der Waals surface area contributed by atoms with Crippen LogP contribution in [0.5, 0.6) is 0 Å². The highest BCUT2D eigenvalue weighted by atomic mass is 16.3. The number of fused-ring (bicyclic) bond motifs is 1. The topological polar surface area (TPSA) is 65.5 Å². The number of urea groups is 1. The molecule has 0 bridgehead atoms. The van der Waals surface area contributed by atoms with Crippen molar-refractivity contribution in [1.82, 2.24) is 15.2 Å². The predicted molar refractivity (Wildman–Crippen MR) is 97.1 cm³/mol. The van der Waals surface area contributed by atoms with Gasteiger partial charge in [0.05, 0.1) is 18.3 Å². The SMILES string of the molecule is Cc1cccc(CNC(=O)N(CCCO)[C@H]2CCc3ccccc32)n1. The molecule has 1 aromatic carbocycles. The lowest BCUT2D eigenvalue weighted by atomic mass is 10.1. The number of benzene rings is 1. The molecule has 2 amide bonds. The number of amides is 2. The molecule has 0 unspecified atom stereocenters. The molecule has 2 aromatic rings. The van der Waals surface area contributed by atoms with Crippen LogP contribution in [-0.2, 0) is 13.0 Å². The summed E-state index contributed by atoms with van der Waals surface area (Å²) >= 11 is 0. The van der Waals surface area contributed by atoms with E-state index in [4.69, 9.17) is 0 Å². The molecule has 0 spiro atoms. The average molecular weight is 339 g/mol. The molecule has 0 radical (unpaired) electrons. The average Bonchev–Trinajstić information content (AvgIpc) is 3.04. The number of aryl methyl sites for hydroxylation is 2. The van der Waals surface area contributed by atoms with Gasteiger partial charge in [0.25, 0.3) is 0 Å². The number of carbonyl (C=O) groups excluding carboxylic acids is 1. The number of aromatic nitrogens is 1. The number of rotatable bonds is 6. The molecule has 0 aliphatic heterocycles. The Bertz CT molecular complexity index is 732. The van der Waals surface area contributed by atoms with Gasteiger partial charge in [-0.3, -0.25) is 4.98 Å². The molecule has 5 nitrogen and oxygen atoms in total. The molecule has 0 saturated carbocycles. The quantitative estimate of drug-likeness (QED) is 0.850. The monoisotopic (exact) mass is 339 g/mol. The van der Waals surface area contributed by atoms with Gasteiger partial charge in [-0.25, -0.2) is 4.79 Å². The number of aliphatic hydroxyl groups excluding tert-OH is 1. The van der Waals surface area contributed by atoms with Gasteiger partial charge in [-0.15, -0.1) is 0 Å². The van der Waals surface area contributed by atoms with Gasteiger partial charge in [0.2, 0.25) is 0 Å². The molecule has 1 atom stereocenters. The van der Waals surface area contributed by atoms with Crippen LogP contribution in [0.2, 0.25) is 0 Å². The van der Waals surface area contributed by atoms with Crippen molar-refractivity contribution in [3.63, 3.8) is 0 Å². The molecule has 1 aromatic heterocycles. The normalized spacial score (nSPS) is 15.7. The molecule has 0 fully saturated rings. The summed E-state index contributed by atoms with van der Waals surface area (Å²) in [5, 5.41) is 12.2. The van der Waals surface area contributed by atoms with E-state index in [1.165, 1.54) is 11.1 Å². The van der Waals surface area contributed by atoms with Crippen LogP contribution in [0.15, 0.2) is 42.5 Å². The van der Waals surface area contributed by atoms with Crippen molar-refractivity contribution in [3.05, 3.63) is 65.0 Å². The van der Waals surface area contributed by atoms with E-state index in [0.717, 1.165) is 24.2 Å². The Labute approximate surface area is 148 Å². The second-order valence-corrected chi connectivity index (χ2v) is 6.45. The molecular weight excluding hydrogens is 314 g/mol. The summed E-state index contributed by atoms with van der Waals surface area (Å²) in [5.74, 6) is 0. The summed E-state index contributed by atoms with van der Waals surface area (Å²) in [6.07, 6.45) is 2.50. The maximum absolute atomic E-state index is 12.8. The lowest BCUT2D eigenvalue weighted by Gasteiger charge is -2.30. The van der Waals surface area contributed by atoms with Gasteiger partial charge in [0, 0.05) is 18.8 Å². The fraction of sp³-hybridized carbons (Fsp3) is 0.400. The summed E-state index contributed by atoms with van der Waals surface area (Å²) in [7, 11) is 0. The number of aliphatic hydroxyl groups is 1. The van der Waals surface area contributed by atoms with Crippen molar-refractivity contribution in [2.45, 2.75) is 38.8 Å². The summed E-state index contributed by atoms with van der Waals surface area (Å²) in [6, 6.07) is 14.1. The van der Waals surface area contributed by atoms with Crippen molar-refractivity contribution in [1.29, 1.82) is 0 Å². The smallest absolute Gasteiger partial charge is 0.318 e. The largest absolute Gasteiger partial charge is 0.396 e. The maximum atomic E-state index is 12.8. The number of nitrogens with zero attached hydrogens (tertiary/aromatic N) is 2. The Morgan fingerprint density at radius 3 is 2.92 bits per heavy atom. The fourth-order valence-electron chi connectivity index (χ4n) is 3.46. The van der Waals surface area contributed by atoms with Crippen molar-refractivity contribution in [3.8, 4) is 0 Å². The minimum Gasteiger partial charge on any atom is -0.396 e. The van der Waals surface area contributed by atoms with Crippen LogP contribution in [-0.4, -0.2) is 34.2 Å². The maximum Gasteiger partial charge on any atom is 0.318 e. The number of pyridine rings is 1. The number of hydrogen-bond acceptors (Lipinski definition) is 3. The molecule has 1 aliphatic carbocycles. The predicted octanol–water partition coefficient (Wildman–Crippen LogP) is 2.97. The molecule has 5 heteroatoms.